The maximum atomic E-state index is 12.1. The van der Waals surface area contributed by atoms with Crippen molar-refractivity contribution in [3.63, 3.8) is 0 Å². The van der Waals surface area contributed by atoms with Gasteiger partial charge in [0.25, 0.3) is 0 Å². The van der Waals surface area contributed by atoms with Crippen LogP contribution in [0.5, 0.6) is 0 Å². The Hall–Kier alpha value is -4.38. The lowest BCUT2D eigenvalue weighted by Gasteiger charge is -2.02. The van der Waals surface area contributed by atoms with Crippen molar-refractivity contribution < 1.29 is 13.6 Å². The fourth-order valence-corrected chi connectivity index (χ4v) is 3.29. The summed E-state index contributed by atoms with van der Waals surface area (Å²) in [5, 5.41) is 2.82. The summed E-state index contributed by atoms with van der Waals surface area (Å²) >= 11 is 0. The summed E-state index contributed by atoms with van der Waals surface area (Å²) in [6.45, 7) is 0. The molecule has 1 amide bonds. The molecule has 0 spiro atoms. The van der Waals surface area contributed by atoms with Crippen LogP contribution in [0.4, 0.5) is 5.69 Å². The van der Waals surface area contributed by atoms with E-state index in [1.165, 1.54) is 6.08 Å². The Kier molecular flexibility index (Phi) is 4.91. The van der Waals surface area contributed by atoms with Crippen molar-refractivity contribution in [2.75, 3.05) is 5.32 Å². The van der Waals surface area contributed by atoms with Crippen molar-refractivity contribution in [1.29, 1.82) is 0 Å². The first-order valence-electron chi connectivity index (χ1n) is 9.84. The predicted octanol–water partition coefficient (Wildman–Crippen LogP) is 6.41. The summed E-state index contributed by atoms with van der Waals surface area (Å²) in [7, 11) is 0. The van der Waals surface area contributed by atoms with Crippen molar-refractivity contribution in [2.24, 2.45) is 0 Å². The lowest BCUT2D eigenvalue weighted by molar-refractivity contribution is -0.111. The zero-order chi connectivity index (χ0) is 21.0. The standard InChI is InChI=1S/C26H18N2O3/c29-25(15-13-22-7-4-16-30-22)27-21-12-14-24-23(17-21)28-26(31-24)20-10-8-19(9-11-20)18-5-2-1-3-6-18/h1-17H,(H,27,29)/b15-13+. The monoisotopic (exact) mass is 406 g/mol. The molecule has 0 fully saturated rings. The molecule has 3 aromatic carbocycles. The van der Waals surface area contributed by atoms with Gasteiger partial charge >= 0.3 is 0 Å². The molecule has 2 aromatic heterocycles. The molecule has 2 heterocycles. The van der Waals surface area contributed by atoms with E-state index in [2.05, 4.69) is 34.6 Å². The highest BCUT2D eigenvalue weighted by atomic mass is 16.3. The van der Waals surface area contributed by atoms with Crippen LogP contribution in [0, 0.1) is 0 Å². The second-order valence-corrected chi connectivity index (χ2v) is 6.98. The van der Waals surface area contributed by atoms with Crippen LogP contribution in [0.1, 0.15) is 5.76 Å². The van der Waals surface area contributed by atoms with Gasteiger partial charge in [0, 0.05) is 17.3 Å². The molecule has 5 heteroatoms. The molecule has 150 valence electrons. The van der Waals surface area contributed by atoms with Crippen molar-refractivity contribution in [1.82, 2.24) is 4.98 Å². The molecule has 5 nitrogen and oxygen atoms in total. The minimum atomic E-state index is -0.254. The highest BCUT2D eigenvalue weighted by Crippen LogP contribution is 2.28. The zero-order valence-corrected chi connectivity index (χ0v) is 16.5. The van der Waals surface area contributed by atoms with E-state index in [1.807, 2.05) is 30.3 Å². The Bertz CT molecular complexity index is 1350. The van der Waals surface area contributed by atoms with Crippen molar-refractivity contribution in [2.45, 2.75) is 0 Å². The average Bonchev–Trinajstić information content (AvgIpc) is 3.48. The number of carbonyl (C=O) groups excluding carboxylic acids is 1. The molecule has 0 atom stereocenters. The van der Waals surface area contributed by atoms with Gasteiger partial charge in [0.2, 0.25) is 11.8 Å². The molecule has 0 bridgehead atoms. The molecule has 31 heavy (non-hydrogen) atoms. The number of furan rings is 1. The number of nitrogens with one attached hydrogen (secondary N) is 1. The smallest absolute Gasteiger partial charge is 0.248 e. The normalized spacial score (nSPS) is 11.2. The van der Waals surface area contributed by atoms with Crippen LogP contribution in [0.25, 0.3) is 39.8 Å². The minimum absolute atomic E-state index is 0.254. The van der Waals surface area contributed by atoms with E-state index in [0.29, 0.717) is 28.4 Å². The first kappa shape index (κ1) is 18.6. The summed E-state index contributed by atoms with van der Waals surface area (Å²) in [6, 6.07) is 27.2. The number of rotatable bonds is 5. The maximum absolute atomic E-state index is 12.1. The minimum Gasteiger partial charge on any atom is -0.465 e. The number of hydrogen-bond donors (Lipinski definition) is 1. The number of benzene rings is 3. The lowest BCUT2D eigenvalue weighted by atomic mass is 10.0. The molecule has 5 rings (SSSR count). The molecule has 1 N–H and O–H groups in total. The Balaban J connectivity index is 1.34. The third kappa shape index (κ3) is 4.16. The van der Waals surface area contributed by atoms with Gasteiger partial charge in [0.05, 0.1) is 6.26 Å². The van der Waals surface area contributed by atoms with Gasteiger partial charge in [-0.3, -0.25) is 4.79 Å². The first-order chi connectivity index (χ1) is 15.2. The number of nitrogens with zero attached hydrogens (tertiary/aromatic N) is 1. The number of carbonyl (C=O) groups is 1. The van der Waals surface area contributed by atoms with Gasteiger partial charge in [-0.05, 0) is 59.7 Å². The van der Waals surface area contributed by atoms with Gasteiger partial charge < -0.3 is 14.2 Å². The highest BCUT2D eigenvalue weighted by Gasteiger charge is 2.10. The Labute approximate surface area is 178 Å². The molecular formula is C26H18N2O3. The van der Waals surface area contributed by atoms with Crippen LogP contribution in [0.2, 0.25) is 0 Å². The van der Waals surface area contributed by atoms with Crippen LogP contribution < -0.4 is 5.32 Å². The molecule has 0 radical (unpaired) electrons. The van der Waals surface area contributed by atoms with E-state index in [-0.39, 0.29) is 5.91 Å². The number of anilines is 1. The summed E-state index contributed by atoms with van der Waals surface area (Å²) in [5.41, 5.74) is 5.16. The molecule has 0 aliphatic carbocycles. The van der Waals surface area contributed by atoms with Crippen LogP contribution >= 0.6 is 0 Å². The van der Waals surface area contributed by atoms with Crippen LogP contribution in [0.3, 0.4) is 0 Å². The Morgan fingerprint density at radius 1 is 0.839 bits per heavy atom. The SMILES string of the molecule is O=C(/C=C/c1ccco1)Nc1ccc2oc(-c3ccc(-c4ccccc4)cc3)nc2c1. The van der Waals surface area contributed by atoms with E-state index in [1.54, 1.807) is 42.7 Å². The second-order valence-electron chi connectivity index (χ2n) is 6.98. The fourth-order valence-electron chi connectivity index (χ4n) is 3.29. The third-order valence-corrected chi connectivity index (χ3v) is 4.84. The quantitative estimate of drug-likeness (QED) is 0.343. The largest absolute Gasteiger partial charge is 0.465 e. The zero-order valence-electron chi connectivity index (χ0n) is 16.5. The molecule has 0 saturated heterocycles. The van der Waals surface area contributed by atoms with E-state index < -0.39 is 0 Å². The van der Waals surface area contributed by atoms with Crippen LogP contribution in [0.15, 0.2) is 106 Å². The van der Waals surface area contributed by atoms with Gasteiger partial charge in [0.15, 0.2) is 5.58 Å². The molecule has 0 aliphatic rings. The van der Waals surface area contributed by atoms with Crippen molar-refractivity contribution in [3.05, 3.63) is 103 Å². The first-order valence-corrected chi connectivity index (χ1v) is 9.84. The van der Waals surface area contributed by atoms with E-state index >= 15 is 0 Å². The maximum Gasteiger partial charge on any atom is 0.248 e. The highest BCUT2D eigenvalue weighted by molar-refractivity contribution is 6.02. The van der Waals surface area contributed by atoms with E-state index in [9.17, 15) is 4.79 Å². The van der Waals surface area contributed by atoms with Gasteiger partial charge in [-0.25, -0.2) is 4.98 Å². The average molecular weight is 406 g/mol. The Morgan fingerprint density at radius 3 is 2.39 bits per heavy atom. The lowest BCUT2D eigenvalue weighted by Crippen LogP contribution is -2.07. The molecular weight excluding hydrogens is 388 g/mol. The predicted molar refractivity (Wildman–Crippen MR) is 121 cm³/mol. The fraction of sp³-hybridized carbons (Fsp3) is 0. The summed E-state index contributed by atoms with van der Waals surface area (Å²) in [4.78, 5) is 16.7. The number of amides is 1. The molecule has 0 saturated carbocycles. The van der Waals surface area contributed by atoms with Crippen molar-refractivity contribution >= 4 is 28.8 Å². The van der Waals surface area contributed by atoms with Crippen LogP contribution in [-0.2, 0) is 4.79 Å². The van der Waals surface area contributed by atoms with E-state index in [0.717, 1.165) is 16.7 Å². The molecule has 0 aliphatic heterocycles. The summed E-state index contributed by atoms with van der Waals surface area (Å²) in [5.74, 6) is 0.900. The topological polar surface area (TPSA) is 68.3 Å². The second kappa shape index (κ2) is 8.16. The number of fused-ring (bicyclic) bond motifs is 1. The third-order valence-electron chi connectivity index (χ3n) is 4.84. The Morgan fingerprint density at radius 2 is 1.61 bits per heavy atom. The summed E-state index contributed by atoms with van der Waals surface area (Å²) in [6.07, 6.45) is 4.59. The van der Waals surface area contributed by atoms with Gasteiger partial charge in [-0.15, -0.1) is 0 Å². The van der Waals surface area contributed by atoms with E-state index in [4.69, 9.17) is 8.83 Å². The van der Waals surface area contributed by atoms with Gasteiger partial charge in [-0.1, -0.05) is 42.5 Å². The number of hydrogen-bond acceptors (Lipinski definition) is 4. The van der Waals surface area contributed by atoms with Crippen LogP contribution in [-0.4, -0.2) is 10.9 Å². The van der Waals surface area contributed by atoms with Crippen molar-refractivity contribution in [3.8, 4) is 22.6 Å². The molecule has 0 unspecified atom stereocenters. The van der Waals surface area contributed by atoms with Gasteiger partial charge in [-0.2, -0.15) is 0 Å². The summed E-state index contributed by atoms with van der Waals surface area (Å²) < 4.78 is 11.1. The molecule has 5 aromatic rings. The number of aromatic nitrogens is 1. The number of oxazole rings is 1. The van der Waals surface area contributed by atoms with Gasteiger partial charge in [0.1, 0.15) is 11.3 Å².